The molecule has 0 fully saturated rings. The van der Waals surface area contributed by atoms with Crippen LogP contribution in [0.1, 0.15) is 41.2 Å². The fourth-order valence-corrected chi connectivity index (χ4v) is 3.64. The highest BCUT2D eigenvalue weighted by molar-refractivity contribution is 9.10. The number of aromatic amines is 1. The summed E-state index contributed by atoms with van der Waals surface area (Å²) in [5.74, 6) is 1.07. The molecule has 132 valence electrons. The molecule has 1 aromatic carbocycles. The van der Waals surface area contributed by atoms with Crippen molar-refractivity contribution >= 4 is 28.1 Å². The van der Waals surface area contributed by atoms with Gasteiger partial charge in [-0.25, -0.2) is 0 Å². The van der Waals surface area contributed by atoms with Gasteiger partial charge in [0.05, 0.1) is 22.4 Å². The minimum Gasteiger partial charge on any atom is -0.272 e. The van der Waals surface area contributed by atoms with Crippen molar-refractivity contribution in [3.63, 3.8) is 0 Å². The number of aryl methyl sites for hydroxylation is 3. The number of hydrogen-bond acceptors (Lipinski definition) is 3. The monoisotopic (exact) mass is 419 g/mol. The Kier molecular flexibility index (Phi) is 4.97. The SMILES string of the molecule is Cc1ccc(-n2c([C@H](C)Cn3nc(C)c(Br)c3C)n[nH]c2=S)c(C)c1. The van der Waals surface area contributed by atoms with Crippen LogP contribution in [0.5, 0.6) is 0 Å². The van der Waals surface area contributed by atoms with Crippen molar-refractivity contribution in [3.05, 3.63) is 55.8 Å². The quantitative estimate of drug-likeness (QED) is 0.610. The van der Waals surface area contributed by atoms with Crippen molar-refractivity contribution < 1.29 is 0 Å². The highest BCUT2D eigenvalue weighted by Gasteiger charge is 2.19. The standard InChI is InChI=1S/C18H22BrN5S/c1-10-6-7-15(11(2)8-10)24-17(20-21-18(24)25)12(3)9-23-14(5)16(19)13(4)22-23/h6-8,12H,9H2,1-5H3,(H,21,25)/t12-/m1/s1. The van der Waals surface area contributed by atoms with E-state index in [1.54, 1.807) is 0 Å². The van der Waals surface area contributed by atoms with Crippen LogP contribution in [0.2, 0.25) is 0 Å². The summed E-state index contributed by atoms with van der Waals surface area (Å²) in [7, 11) is 0. The Morgan fingerprint density at radius 1 is 1.24 bits per heavy atom. The molecule has 1 atom stereocenters. The molecule has 0 amide bonds. The smallest absolute Gasteiger partial charge is 0.199 e. The lowest BCUT2D eigenvalue weighted by atomic mass is 10.1. The minimum atomic E-state index is 0.151. The van der Waals surface area contributed by atoms with Crippen molar-refractivity contribution in [2.45, 2.75) is 47.1 Å². The van der Waals surface area contributed by atoms with E-state index in [1.807, 2.05) is 16.2 Å². The Morgan fingerprint density at radius 2 is 1.96 bits per heavy atom. The molecular weight excluding hydrogens is 398 g/mol. The number of aromatic nitrogens is 5. The third kappa shape index (κ3) is 3.35. The van der Waals surface area contributed by atoms with Gasteiger partial charge < -0.3 is 0 Å². The predicted molar refractivity (Wildman–Crippen MR) is 106 cm³/mol. The molecule has 5 nitrogen and oxygen atoms in total. The first-order valence-electron chi connectivity index (χ1n) is 8.24. The van der Waals surface area contributed by atoms with Crippen LogP contribution in [-0.2, 0) is 6.54 Å². The van der Waals surface area contributed by atoms with Crippen LogP contribution in [0.4, 0.5) is 0 Å². The summed E-state index contributed by atoms with van der Waals surface area (Å²) in [5.41, 5.74) is 5.61. The molecular formula is C18H22BrN5S. The molecule has 2 aromatic heterocycles. The predicted octanol–water partition coefficient (Wildman–Crippen LogP) is 4.93. The first-order valence-corrected chi connectivity index (χ1v) is 9.44. The Labute approximate surface area is 161 Å². The molecule has 0 radical (unpaired) electrons. The molecule has 2 heterocycles. The maximum atomic E-state index is 5.50. The molecule has 1 N–H and O–H groups in total. The lowest BCUT2D eigenvalue weighted by Gasteiger charge is -2.16. The average Bonchev–Trinajstić information content (AvgIpc) is 3.04. The van der Waals surface area contributed by atoms with E-state index < -0.39 is 0 Å². The Morgan fingerprint density at radius 3 is 2.56 bits per heavy atom. The first-order chi connectivity index (χ1) is 11.8. The highest BCUT2D eigenvalue weighted by Crippen LogP contribution is 2.25. The molecule has 3 aromatic rings. The zero-order valence-corrected chi connectivity index (χ0v) is 17.5. The molecule has 0 aliphatic rings. The summed E-state index contributed by atoms with van der Waals surface area (Å²) in [6.07, 6.45) is 0. The second-order valence-corrected chi connectivity index (χ2v) is 7.76. The van der Waals surface area contributed by atoms with Gasteiger partial charge >= 0.3 is 0 Å². The van der Waals surface area contributed by atoms with Crippen LogP contribution in [0.3, 0.4) is 0 Å². The number of benzene rings is 1. The van der Waals surface area contributed by atoms with E-state index in [-0.39, 0.29) is 5.92 Å². The molecule has 0 bridgehead atoms. The fourth-order valence-electron chi connectivity index (χ4n) is 3.12. The van der Waals surface area contributed by atoms with E-state index in [1.165, 1.54) is 11.1 Å². The molecule has 3 rings (SSSR count). The van der Waals surface area contributed by atoms with E-state index >= 15 is 0 Å². The van der Waals surface area contributed by atoms with E-state index in [0.717, 1.165) is 33.9 Å². The number of nitrogens with zero attached hydrogens (tertiary/aromatic N) is 4. The van der Waals surface area contributed by atoms with Gasteiger partial charge in [-0.2, -0.15) is 10.2 Å². The molecule has 0 spiro atoms. The second kappa shape index (κ2) is 6.88. The molecule has 0 aliphatic heterocycles. The topological polar surface area (TPSA) is 51.4 Å². The second-order valence-electron chi connectivity index (χ2n) is 6.58. The van der Waals surface area contributed by atoms with E-state index in [9.17, 15) is 0 Å². The third-order valence-corrected chi connectivity index (χ3v) is 5.89. The lowest BCUT2D eigenvalue weighted by Crippen LogP contribution is -2.14. The van der Waals surface area contributed by atoms with Crippen molar-refractivity contribution in [1.82, 2.24) is 24.5 Å². The van der Waals surface area contributed by atoms with Crippen LogP contribution in [0.15, 0.2) is 22.7 Å². The molecule has 0 saturated heterocycles. The van der Waals surface area contributed by atoms with E-state index in [2.05, 4.69) is 77.1 Å². The van der Waals surface area contributed by atoms with Gasteiger partial charge in [-0.3, -0.25) is 14.3 Å². The maximum absolute atomic E-state index is 5.50. The number of rotatable bonds is 4. The third-order valence-electron chi connectivity index (χ3n) is 4.47. The summed E-state index contributed by atoms with van der Waals surface area (Å²) in [4.78, 5) is 0. The number of nitrogens with one attached hydrogen (secondary N) is 1. The van der Waals surface area contributed by atoms with Gasteiger partial charge in [0.2, 0.25) is 0 Å². The molecule has 0 saturated carbocycles. The molecule has 0 unspecified atom stereocenters. The van der Waals surface area contributed by atoms with Gasteiger partial charge in [0.15, 0.2) is 4.77 Å². The summed E-state index contributed by atoms with van der Waals surface area (Å²) in [6, 6.07) is 6.37. The maximum Gasteiger partial charge on any atom is 0.199 e. The van der Waals surface area contributed by atoms with Crippen molar-refractivity contribution in [2.24, 2.45) is 0 Å². The largest absolute Gasteiger partial charge is 0.272 e. The van der Waals surface area contributed by atoms with Crippen LogP contribution < -0.4 is 0 Å². The van der Waals surface area contributed by atoms with Gasteiger partial charge in [-0.15, -0.1) is 0 Å². The van der Waals surface area contributed by atoms with Crippen molar-refractivity contribution in [2.75, 3.05) is 0 Å². The molecule has 0 aliphatic carbocycles. The van der Waals surface area contributed by atoms with Crippen LogP contribution in [-0.4, -0.2) is 24.5 Å². The Bertz CT molecular complexity index is 982. The fraction of sp³-hybridized carbons (Fsp3) is 0.389. The summed E-state index contributed by atoms with van der Waals surface area (Å²) >= 11 is 9.09. The summed E-state index contributed by atoms with van der Waals surface area (Å²) < 4.78 is 5.74. The van der Waals surface area contributed by atoms with Crippen molar-refractivity contribution in [3.8, 4) is 5.69 Å². The van der Waals surface area contributed by atoms with Gasteiger partial charge in [-0.05, 0) is 67.5 Å². The molecule has 7 heteroatoms. The van der Waals surface area contributed by atoms with Gasteiger partial charge in [0.25, 0.3) is 0 Å². The van der Waals surface area contributed by atoms with Gasteiger partial charge in [0, 0.05) is 11.6 Å². The van der Waals surface area contributed by atoms with Crippen molar-refractivity contribution in [1.29, 1.82) is 0 Å². The normalized spacial score (nSPS) is 12.6. The van der Waals surface area contributed by atoms with Crippen LogP contribution >= 0.6 is 28.1 Å². The zero-order chi connectivity index (χ0) is 18.3. The van der Waals surface area contributed by atoms with Crippen LogP contribution in [0.25, 0.3) is 5.69 Å². The van der Waals surface area contributed by atoms with E-state index in [4.69, 9.17) is 12.2 Å². The number of H-pyrrole nitrogens is 1. The Hall–Kier alpha value is -1.73. The zero-order valence-electron chi connectivity index (χ0n) is 15.1. The van der Waals surface area contributed by atoms with Gasteiger partial charge in [0.1, 0.15) is 5.82 Å². The summed E-state index contributed by atoms with van der Waals surface area (Å²) in [5, 5.41) is 12.1. The van der Waals surface area contributed by atoms with E-state index in [0.29, 0.717) is 4.77 Å². The minimum absolute atomic E-state index is 0.151. The van der Waals surface area contributed by atoms with Crippen LogP contribution in [0, 0.1) is 32.5 Å². The molecule has 25 heavy (non-hydrogen) atoms. The summed E-state index contributed by atoms with van der Waals surface area (Å²) in [6.45, 7) is 11.2. The van der Waals surface area contributed by atoms with Gasteiger partial charge in [-0.1, -0.05) is 24.6 Å². The lowest BCUT2D eigenvalue weighted by molar-refractivity contribution is 0.506. The Balaban J connectivity index is 2.01. The highest BCUT2D eigenvalue weighted by atomic mass is 79.9. The number of hydrogen-bond donors (Lipinski definition) is 1. The number of halogens is 1. The first kappa shape index (κ1) is 18.1. The average molecular weight is 420 g/mol.